The van der Waals surface area contributed by atoms with Crippen molar-refractivity contribution in [2.45, 2.75) is 25.9 Å². The number of nitrogens with one attached hydrogen (secondary N) is 1. The zero-order valence-electron chi connectivity index (χ0n) is 14.4. The van der Waals surface area contributed by atoms with Crippen LogP contribution in [0.15, 0.2) is 52.6 Å². The number of hydrogen-bond donors (Lipinski definition) is 1. The van der Waals surface area contributed by atoms with E-state index < -0.39 is 11.5 Å². The van der Waals surface area contributed by atoms with Crippen LogP contribution in [0.2, 0.25) is 0 Å². The van der Waals surface area contributed by atoms with Crippen molar-refractivity contribution in [3.05, 3.63) is 69.1 Å². The van der Waals surface area contributed by atoms with Gasteiger partial charge < -0.3 is 10.1 Å². The van der Waals surface area contributed by atoms with Crippen molar-refractivity contribution in [3.8, 4) is 0 Å². The lowest BCUT2D eigenvalue weighted by Crippen LogP contribution is -2.33. The minimum Gasteiger partial charge on any atom is -0.465 e. The fourth-order valence-electron chi connectivity index (χ4n) is 2.40. The van der Waals surface area contributed by atoms with Gasteiger partial charge in [0.15, 0.2) is 5.82 Å². The second-order valence-electron chi connectivity index (χ2n) is 5.46. The van der Waals surface area contributed by atoms with E-state index in [1.807, 2.05) is 30.3 Å². The normalized spacial score (nSPS) is 11.3. The number of hydrogen-bond acceptors (Lipinski definition) is 6. The van der Waals surface area contributed by atoms with Crippen LogP contribution < -0.4 is 10.9 Å². The highest BCUT2D eigenvalue weighted by atomic mass is 16.5. The molecule has 0 aliphatic heterocycles. The van der Waals surface area contributed by atoms with Crippen molar-refractivity contribution in [3.63, 3.8) is 0 Å². The van der Waals surface area contributed by atoms with Crippen molar-refractivity contribution in [1.82, 2.24) is 9.55 Å². The summed E-state index contributed by atoms with van der Waals surface area (Å²) in [6.45, 7) is 1.90. The summed E-state index contributed by atoms with van der Waals surface area (Å²) in [4.78, 5) is 30.9. The van der Waals surface area contributed by atoms with E-state index in [1.54, 1.807) is 6.92 Å². The van der Waals surface area contributed by atoms with Crippen molar-refractivity contribution in [2.75, 3.05) is 18.5 Å². The van der Waals surface area contributed by atoms with Crippen LogP contribution in [0.25, 0.3) is 10.4 Å². The van der Waals surface area contributed by atoms with E-state index >= 15 is 0 Å². The lowest BCUT2D eigenvalue weighted by Gasteiger charge is -2.17. The Balaban J connectivity index is 2.17. The first kappa shape index (κ1) is 19.0. The van der Waals surface area contributed by atoms with Gasteiger partial charge >= 0.3 is 5.97 Å². The van der Waals surface area contributed by atoms with E-state index in [0.29, 0.717) is 6.42 Å². The molecule has 1 aromatic heterocycles. The maximum Gasteiger partial charge on any atom is 0.326 e. The largest absolute Gasteiger partial charge is 0.465 e. The Morgan fingerprint density at radius 1 is 1.42 bits per heavy atom. The number of anilines is 1. The number of carbonyl (C=O) groups excluding carboxylic acids is 1. The molecule has 0 aliphatic rings. The van der Waals surface area contributed by atoms with E-state index in [0.717, 1.165) is 5.56 Å². The highest BCUT2D eigenvalue weighted by Gasteiger charge is 2.14. The van der Waals surface area contributed by atoms with Gasteiger partial charge in [0.05, 0.1) is 6.61 Å². The monoisotopic (exact) mass is 356 g/mol. The zero-order valence-corrected chi connectivity index (χ0v) is 14.4. The first-order valence-corrected chi connectivity index (χ1v) is 8.16. The Labute approximate surface area is 150 Å². The molecule has 0 bridgehead atoms. The average Bonchev–Trinajstić information content (AvgIpc) is 2.64. The lowest BCUT2D eigenvalue weighted by atomic mass is 10.1. The van der Waals surface area contributed by atoms with Crippen molar-refractivity contribution >= 4 is 11.8 Å². The minimum absolute atomic E-state index is 0.0888. The van der Waals surface area contributed by atoms with Crippen LogP contribution >= 0.6 is 0 Å². The molecule has 0 spiro atoms. The van der Waals surface area contributed by atoms with Crippen LogP contribution in [-0.2, 0) is 22.5 Å². The lowest BCUT2D eigenvalue weighted by molar-refractivity contribution is -0.143. The van der Waals surface area contributed by atoms with Gasteiger partial charge in [-0.15, -0.1) is 0 Å². The van der Waals surface area contributed by atoms with Crippen molar-refractivity contribution in [2.24, 2.45) is 5.11 Å². The molecule has 0 radical (unpaired) electrons. The number of azide groups is 1. The SMILES string of the molecule is CCOC(=O)Cn1ccnc(N[C@H](CN=[N+]=[N-])Cc2ccccc2)c1=O. The van der Waals surface area contributed by atoms with Crippen LogP contribution in [0, 0.1) is 0 Å². The molecule has 0 fully saturated rings. The van der Waals surface area contributed by atoms with Crippen LogP contribution in [0.1, 0.15) is 12.5 Å². The fourth-order valence-corrected chi connectivity index (χ4v) is 2.40. The topological polar surface area (TPSA) is 122 Å². The molecule has 2 aromatic rings. The van der Waals surface area contributed by atoms with Crippen LogP contribution in [0.3, 0.4) is 0 Å². The second kappa shape index (κ2) is 9.85. The summed E-state index contributed by atoms with van der Waals surface area (Å²) in [5, 5.41) is 6.61. The smallest absolute Gasteiger partial charge is 0.326 e. The minimum atomic E-state index is -0.498. The van der Waals surface area contributed by atoms with Crippen LogP contribution in [0.5, 0.6) is 0 Å². The quantitative estimate of drug-likeness (QED) is 0.319. The summed E-state index contributed by atoms with van der Waals surface area (Å²) in [5.74, 6) is -0.410. The number of carbonyl (C=O) groups is 1. The summed E-state index contributed by atoms with van der Waals surface area (Å²) in [6.07, 6.45) is 3.40. The molecule has 0 saturated heterocycles. The van der Waals surface area contributed by atoms with Gasteiger partial charge in [-0.1, -0.05) is 35.4 Å². The maximum atomic E-state index is 12.5. The molecule has 1 N–H and O–H groups in total. The Bertz CT molecular complexity index is 830. The molecule has 1 heterocycles. The predicted octanol–water partition coefficient (Wildman–Crippen LogP) is 2.14. The molecule has 0 aliphatic carbocycles. The molecule has 2 rings (SSSR count). The van der Waals surface area contributed by atoms with E-state index in [4.69, 9.17) is 10.3 Å². The predicted molar refractivity (Wildman–Crippen MR) is 96.7 cm³/mol. The number of aromatic nitrogens is 2. The van der Waals surface area contributed by atoms with Gasteiger partial charge in [0.2, 0.25) is 0 Å². The molecule has 0 saturated carbocycles. The second-order valence-corrected chi connectivity index (χ2v) is 5.46. The molecule has 9 nitrogen and oxygen atoms in total. The Hall–Kier alpha value is -3.32. The Morgan fingerprint density at radius 3 is 2.88 bits per heavy atom. The Morgan fingerprint density at radius 2 is 2.19 bits per heavy atom. The summed E-state index contributed by atoms with van der Waals surface area (Å²) < 4.78 is 6.08. The molecule has 0 amide bonds. The first-order chi connectivity index (χ1) is 12.6. The first-order valence-electron chi connectivity index (χ1n) is 8.16. The third-order valence-electron chi connectivity index (χ3n) is 3.55. The van der Waals surface area contributed by atoms with E-state index in [9.17, 15) is 9.59 Å². The average molecular weight is 356 g/mol. The van der Waals surface area contributed by atoms with Crippen LogP contribution in [-0.4, -0.2) is 34.7 Å². The highest BCUT2D eigenvalue weighted by Crippen LogP contribution is 2.07. The number of esters is 1. The summed E-state index contributed by atoms with van der Waals surface area (Å²) >= 11 is 0. The van der Waals surface area contributed by atoms with E-state index in [1.165, 1.54) is 17.0 Å². The summed E-state index contributed by atoms with van der Waals surface area (Å²) in [7, 11) is 0. The van der Waals surface area contributed by atoms with Gasteiger partial charge in [0.25, 0.3) is 5.56 Å². The van der Waals surface area contributed by atoms with E-state index in [-0.39, 0.29) is 31.6 Å². The highest BCUT2D eigenvalue weighted by molar-refractivity contribution is 5.69. The molecule has 1 aromatic carbocycles. The number of nitrogens with zero attached hydrogens (tertiary/aromatic N) is 5. The van der Waals surface area contributed by atoms with Crippen molar-refractivity contribution < 1.29 is 9.53 Å². The molecule has 9 heteroatoms. The standard InChI is InChI=1S/C17H20N6O3/c1-2-26-15(24)12-23-9-8-19-16(17(23)25)21-14(11-20-22-18)10-13-6-4-3-5-7-13/h3-9,14H,2,10-12H2,1H3,(H,19,21)/t14-/m0/s1. The van der Waals surface area contributed by atoms with Gasteiger partial charge in [-0.05, 0) is 24.4 Å². The van der Waals surface area contributed by atoms with Gasteiger partial charge in [0.1, 0.15) is 6.54 Å². The van der Waals surface area contributed by atoms with Gasteiger partial charge in [-0.2, -0.15) is 0 Å². The third-order valence-corrected chi connectivity index (χ3v) is 3.55. The number of ether oxygens (including phenoxy) is 1. The molecule has 26 heavy (non-hydrogen) atoms. The van der Waals surface area contributed by atoms with Gasteiger partial charge in [-0.3, -0.25) is 14.2 Å². The maximum absolute atomic E-state index is 12.5. The van der Waals surface area contributed by atoms with Crippen LogP contribution in [0.4, 0.5) is 5.82 Å². The van der Waals surface area contributed by atoms with Crippen molar-refractivity contribution in [1.29, 1.82) is 0 Å². The summed E-state index contributed by atoms with van der Waals surface area (Å²) in [6, 6.07) is 9.31. The van der Waals surface area contributed by atoms with Gasteiger partial charge in [-0.25, -0.2) is 4.98 Å². The zero-order chi connectivity index (χ0) is 18.8. The Kier molecular flexibility index (Phi) is 7.20. The molecule has 1 atom stereocenters. The molecular weight excluding hydrogens is 336 g/mol. The summed E-state index contributed by atoms with van der Waals surface area (Å²) in [5.41, 5.74) is 9.18. The third kappa shape index (κ3) is 5.64. The number of benzene rings is 1. The number of rotatable bonds is 9. The molecular formula is C17H20N6O3. The molecule has 136 valence electrons. The van der Waals surface area contributed by atoms with Gasteiger partial charge in [0, 0.05) is 29.9 Å². The fraction of sp³-hybridized carbons (Fsp3) is 0.353. The van der Waals surface area contributed by atoms with E-state index in [2.05, 4.69) is 20.3 Å². The molecule has 0 unspecified atom stereocenters.